The van der Waals surface area contributed by atoms with Gasteiger partial charge in [0.15, 0.2) is 0 Å². The average molecular weight is 139 g/mol. The standard InChI is InChI=1S/C6H9N3O/c1-6(8-10)5-9-4-2-3-7-9/h2-4,10H,5H2,1H3. The van der Waals surface area contributed by atoms with Gasteiger partial charge in [0.05, 0.1) is 12.3 Å². The first-order chi connectivity index (χ1) is 4.83. The Balaban J connectivity index is 2.56. The van der Waals surface area contributed by atoms with E-state index in [-0.39, 0.29) is 0 Å². The van der Waals surface area contributed by atoms with Gasteiger partial charge in [-0.25, -0.2) is 0 Å². The van der Waals surface area contributed by atoms with Crippen molar-refractivity contribution in [2.24, 2.45) is 5.16 Å². The molecule has 1 heterocycles. The Bertz CT molecular complexity index is 215. The minimum absolute atomic E-state index is 0.545. The molecule has 0 atom stereocenters. The molecular weight excluding hydrogens is 130 g/mol. The molecule has 0 bridgehead atoms. The van der Waals surface area contributed by atoms with E-state index in [1.165, 1.54) is 0 Å². The Morgan fingerprint density at radius 1 is 1.80 bits per heavy atom. The first kappa shape index (κ1) is 6.80. The van der Waals surface area contributed by atoms with Gasteiger partial charge in [0.2, 0.25) is 0 Å². The molecular formula is C6H9N3O. The van der Waals surface area contributed by atoms with Gasteiger partial charge < -0.3 is 5.21 Å². The summed E-state index contributed by atoms with van der Waals surface area (Å²) in [6.45, 7) is 2.28. The summed E-state index contributed by atoms with van der Waals surface area (Å²) in [7, 11) is 0. The van der Waals surface area contributed by atoms with E-state index < -0.39 is 0 Å². The van der Waals surface area contributed by atoms with Crippen molar-refractivity contribution in [2.45, 2.75) is 13.5 Å². The van der Waals surface area contributed by atoms with Crippen molar-refractivity contribution in [2.75, 3.05) is 0 Å². The summed E-state index contributed by atoms with van der Waals surface area (Å²) >= 11 is 0. The zero-order chi connectivity index (χ0) is 7.40. The fourth-order valence-corrected chi connectivity index (χ4v) is 0.660. The van der Waals surface area contributed by atoms with Crippen LogP contribution in [0.4, 0.5) is 0 Å². The lowest BCUT2D eigenvalue weighted by Gasteiger charge is -1.96. The number of nitrogens with zero attached hydrogens (tertiary/aromatic N) is 3. The number of hydrogen-bond acceptors (Lipinski definition) is 3. The molecule has 0 fully saturated rings. The maximum atomic E-state index is 8.28. The molecule has 0 unspecified atom stereocenters. The number of aromatic nitrogens is 2. The predicted octanol–water partition coefficient (Wildman–Crippen LogP) is 0.733. The molecule has 4 nitrogen and oxygen atoms in total. The van der Waals surface area contributed by atoms with Crippen molar-refractivity contribution < 1.29 is 5.21 Å². The van der Waals surface area contributed by atoms with E-state index in [2.05, 4.69) is 10.3 Å². The Morgan fingerprint density at radius 3 is 3.10 bits per heavy atom. The molecule has 1 rings (SSSR count). The van der Waals surface area contributed by atoms with Crippen LogP contribution in [0.25, 0.3) is 0 Å². The second-order valence-corrected chi connectivity index (χ2v) is 2.04. The molecule has 1 aromatic rings. The molecule has 10 heavy (non-hydrogen) atoms. The zero-order valence-electron chi connectivity index (χ0n) is 5.73. The smallest absolute Gasteiger partial charge is 0.0822 e. The predicted molar refractivity (Wildman–Crippen MR) is 37.1 cm³/mol. The van der Waals surface area contributed by atoms with E-state index >= 15 is 0 Å². The van der Waals surface area contributed by atoms with Crippen LogP contribution < -0.4 is 0 Å². The molecule has 54 valence electrons. The fraction of sp³-hybridized carbons (Fsp3) is 0.333. The summed E-state index contributed by atoms with van der Waals surface area (Å²) in [5.41, 5.74) is 0.642. The van der Waals surface area contributed by atoms with E-state index in [0.717, 1.165) is 0 Å². The summed E-state index contributed by atoms with van der Waals surface area (Å²) in [6, 6.07) is 1.82. The monoisotopic (exact) mass is 139 g/mol. The highest BCUT2D eigenvalue weighted by atomic mass is 16.4. The van der Waals surface area contributed by atoms with E-state index in [0.29, 0.717) is 12.3 Å². The Kier molecular flexibility index (Phi) is 2.04. The normalized spacial score (nSPS) is 11.9. The molecule has 0 spiro atoms. The molecule has 0 saturated carbocycles. The van der Waals surface area contributed by atoms with Gasteiger partial charge in [-0.15, -0.1) is 0 Å². The highest BCUT2D eigenvalue weighted by molar-refractivity contribution is 5.80. The Hall–Kier alpha value is -1.32. The van der Waals surface area contributed by atoms with Gasteiger partial charge in [-0.1, -0.05) is 5.16 Å². The molecule has 0 aromatic carbocycles. The maximum absolute atomic E-state index is 8.28. The quantitative estimate of drug-likeness (QED) is 0.373. The van der Waals surface area contributed by atoms with Crippen LogP contribution in [0.5, 0.6) is 0 Å². The van der Waals surface area contributed by atoms with E-state index in [1.807, 2.05) is 12.3 Å². The third-order valence-electron chi connectivity index (χ3n) is 1.12. The van der Waals surface area contributed by atoms with Crippen LogP contribution in [-0.2, 0) is 6.54 Å². The van der Waals surface area contributed by atoms with Crippen molar-refractivity contribution in [1.29, 1.82) is 0 Å². The van der Waals surface area contributed by atoms with Crippen LogP contribution in [0.2, 0.25) is 0 Å². The minimum Gasteiger partial charge on any atom is -0.411 e. The van der Waals surface area contributed by atoms with Gasteiger partial charge in [0.25, 0.3) is 0 Å². The van der Waals surface area contributed by atoms with Crippen LogP contribution in [0.15, 0.2) is 23.6 Å². The van der Waals surface area contributed by atoms with Crippen LogP contribution >= 0.6 is 0 Å². The third kappa shape index (κ3) is 1.58. The molecule has 0 aliphatic carbocycles. The number of oxime groups is 1. The fourth-order valence-electron chi connectivity index (χ4n) is 0.660. The first-order valence-corrected chi connectivity index (χ1v) is 2.98. The van der Waals surface area contributed by atoms with Gasteiger partial charge >= 0.3 is 0 Å². The molecule has 1 aromatic heterocycles. The lowest BCUT2D eigenvalue weighted by molar-refractivity contribution is 0.316. The Labute approximate surface area is 58.8 Å². The number of rotatable bonds is 2. The molecule has 1 N–H and O–H groups in total. The summed E-state index contributed by atoms with van der Waals surface area (Å²) < 4.78 is 1.69. The van der Waals surface area contributed by atoms with E-state index in [4.69, 9.17) is 5.21 Å². The average Bonchev–Trinajstić information content (AvgIpc) is 2.40. The second-order valence-electron chi connectivity index (χ2n) is 2.04. The molecule has 0 saturated heterocycles. The largest absolute Gasteiger partial charge is 0.411 e. The molecule has 0 amide bonds. The summed E-state index contributed by atoms with van der Waals surface area (Å²) in [6.07, 6.45) is 3.50. The van der Waals surface area contributed by atoms with Crippen molar-refractivity contribution in [3.63, 3.8) is 0 Å². The summed E-state index contributed by atoms with van der Waals surface area (Å²) in [5.74, 6) is 0. The van der Waals surface area contributed by atoms with Gasteiger partial charge in [-0.3, -0.25) is 4.68 Å². The summed E-state index contributed by atoms with van der Waals surface area (Å²) in [4.78, 5) is 0. The number of hydrogen-bond donors (Lipinski definition) is 1. The van der Waals surface area contributed by atoms with Crippen molar-refractivity contribution in [3.8, 4) is 0 Å². The SMILES string of the molecule is CC(Cn1cccn1)=NO. The van der Waals surface area contributed by atoms with Crippen LogP contribution in [-0.4, -0.2) is 20.7 Å². The Morgan fingerprint density at radius 2 is 2.60 bits per heavy atom. The van der Waals surface area contributed by atoms with Crippen molar-refractivity contribution >= 4 is 5.71 Å². The van der Waals surface area contributed by atoms with Crippen LogP contribution in [0, 0.1) is 0 Å². The van der Waals surface area contributed by atoms with E-state index in [1.54, 1.807) is 17.8 Å². The lowest BCUT2D eigenvalue weighted by Crippen LogP contribution is -2.06. The molecule has 0 aliphatic rings. The lowest BCUT2D eigenvalue weighted by atomic mass is 10.4. The van der Waals surface area contributed by atoms with Gasteiger partial charge in [-0.2, -0.15) is 5.10 Å². The van der Waals surface area contributed by atoms with Gasteiger partial charge in [0.1, 0.15) is 0 Å². The second kappa shape index (κ2) is 3.00. The van der Waals surface area contributed by atoms with E-state index in [9.17, 15) is 0 Å². The molecule has 0 radical (unpaired) electrons. The van der Waals surface area contributed by atoms with Crippen molar-refractivity contribution in [3.05, 3.63) is 18.5 Å². The topological polar surface area (TPSA) is 50.4 Å². The third-order valence-corrected chi connectivity index (χ3v) is 1.12. The highest BCUT2D eigenvalue weighted by Crippen LogP contribution is 1.85. The van der Waals surface area contributed by atoms with Crippen LogP contribution in [0.3, 0.4) is 0 Å². The van der Waals surface area contributed by atoms with Crippen molar-refractivity contribution in [1.82, 2.24) is 9.78 Å². The summed E-state index contributed by atoms with van der Waals surface area (Å²) in [5, 5.41) is 15.2. The zero-order valence-corrected chi connectivity index (χ0v) is 5.73. The highest BCUT2D eigenvalue weighted by Gasteiger charge is 1.92. The first-order valence-electron chi connectivity index (χ1n) is 2.98. The van der Waals surface area contributed by atoms with Gasteiger partial charge in [0, 0.05) is 12.4 Å². The molecule has 0 aliphatic heterocycles. The molecule has 4 heteroatoms. The minimum atomic E-state index is 0.545. The van der Waals surface area contributed by atoms with Crippen LogP contribution in [0.1, 0.15) is 6.92 Å². The maximum Gasteiger partial charge on any atom is 0.0822 e. The van der Waals surface area contributed by atoms with Gasteiger partial charge in [-0.05, 0) is 13.0 Å².